The third-order valence-corrected chi connectivity index (χ3v) is 5.01. The lowest BCUT2D eigenvalue weighted by molar-refractivity contribution is 0.306. The average molecular weight is 390 g/mol. The summed E-state index contributed by atoms with van der Waals surface area (Å²) in [6, 6.07) is 16.5. The standard InChI is InChI=1S/C25H31N3O/c1-3-5-7-9-20-10-12-21(13-11-20)24-19-26-25(28-27-24)22-14-16-23(17-15-22)29-18-8-6-4-2/h10-17,19H,3-9,18H2,1-2H3. The monoisotopic (exact) mass is 389 g/mol. The second-order valence-electron chi connectivity index (χ2n) is 7.40. The average Bonchev–Trinajstić information content (AvgIpc) is 2.78. The number of nitrogens with zero attached hydrogens (tertiary/aromatic N) is 3. The minimum absolute atomic E-state index is 0.627. The molecule has 0 aliphatic carbocycles. The van der Waals surface area contributed by atoms with Gasteiger partial charge in [0.15, 0.2) is 5.82 Å². The van der Waals surface area contributed by atoms with Gasteiger partial charge in [-0.25, -0.2) is 4.98 Å². The van der Waals surface area contributed by atoms with E-state index in [1.54, 1.807) is 6.20 Å². The van der Waals surface area contributed by atoms with Gasteiger partial charge in [-0.1, -0.05) is 63.8 Å². The maximum Gasteiger partial charge on any atom is 0.181 e. The number of hydrogen-bond donors (Lipinski definition) is 0. The van der Waals surface area contributed by atoms with Gasteiger partial charge in [-0.3, -0.25) is 0 Å². The fraction of sp³-hybridized carbons (Fsp3) is 0.400. The van der Waals surface area contributed by atoms with Crippen LogP contribution in [0.5, 0.6) is 5.75 Å². The third kappa shape index (κ3) is 6.38. The third-order valence-electron chi connectivity index (χ3n) is 5.01. The summed E-state index contributed by atoms with van der Waals surface area (Å²) in [5.41, 5.74) is 4.16. The van der Waals surface area contributed by atoms with Gasteiger partial charge in [0.2, 0.25) is 0 Å². The Morgan fingerprint density at radius 2 is 1.41 bits per heavy atom. The molecule has 0 aliphatic heterocycles. The molecule has 0 saturated carbocycles. The van der Waals surface area contributed by atoms with E-state index in [2.05, 4.69) is 53.3 Å². The Balaban J connectivity index is 1.59. The first-order chi connectivity index (χ1) is 14.3. The van der Waals surface area contributed by atoms with E-state index in [1.165, 1.54) is 37.7 Å². The predicted molar refractivity (Wildman–Crippen MR) is 119 cm³/mol. The summed E-state index contributed by atoms with van der Waals surface area (Å²) in [4.78, 5) is 4.51. The Bertz CT molecular complexity index is 843. The van der Waals surface area contributed by atoms with Gasteiger partial charge in [-0.2, -0.15) is 0 Å². The van der Waals surface area contributed by atoms with Crippen LogP contribution in [-0.4, -0.2) is 21.8 Å². The molecule has 0 radical (unpaired) electrons. The first-order valence-corrected chi connectivity index (χ1v) is 10.8. The molecule has 2 aromatic carbocycles. The van der Waals surface area contributed by atoms with Gasteiger partial charge in [0.05, 0.1) is 12.8 Å². The second-order valence-corrected chi connectivity index (χ2v) is 7.40. The molecule has 0 N–H and O–H groups in total. The molecular weight excluding hydrogens is 358 g/mol. The van der Waals surface area contributed by atoms with Gasteiger partial charge in [-0.15, -0.1) is 10.2 Å². The SMILES string of the molecule is CCCCCOc1ccc(-c2ncc(-c3ccc(CCCCC)cc3)nn2)cc1. The van der Waals surface area contributed by atoms with Crippen molar-refractivity contribution in [3.05, 3.63) is 60.3 Å². The molecule has 1 aromatic heterocycles. The Labute approximate surface area is 174 Å². The minimum Gasteiger partial charge on any atom is -0.494 e. The molecule has 3 aromatic rings. The van der Waals surface area contributed by atoms with E-state index in [-0.39, 0.29) is 0 Å². The number of ether oxygens (including phenoxy) is 1. The van der Waals surface area contributed by atoms with Crippen LogP contribution in [0.3, 0.4) is 0 Å². The minimum atomic E-state index is 0.627. The van der Waals surface area contributed by atoms with Crippen LogP contribution in [0.2, 0.25) is 0 Å². The van der Waals surface area contributed by atoms with Gasteiger partial charge >= 0.3 is 0 Å². The highest BCUT2D eigenvalue weighted by molar-refractivity contribution is 5.60. The molecule has 4 heteroatoms. The van der Waals surface area contributed by atoms with Crippen LogP contribution in [0.15, 0.2) is 54.7 Å². The Morgan fingerprint density at radius 3 is 2.07 bits per heavy atom. The van der Waals surface area contributed by atoms with Crippen molar-refractivity contribution in [1.29, 1.82) is 0 Å². The molecule has 152 valence electrons. The number of hydrogen-bond acceptors (Lipinski definition) is 4. The summed E-state index contributed by atoms with van der Waals surface area (Å²) in [6.07, 6.45) is 10.2. The Morgan fingerprint density at radius 1 is 0.724 bits per heavy atom. The zero-order valence-electron chi connectivity index (χ0n) is 17.6. The molecule has 1 heterocycles. The van der Waals surface area contributed by atoms with Crippen molar-refractivity contribution in [2.45, 2.75) is 58.8 Å². The van der Waals surface area contributed by atoms with Gasteiger partial charge < -0.3 is 4.74 Å². The van der Waals surface area contributed by atoms with Crippen molar-refractivity contribution in [3.63, 3.8) is 0 Å². The first kappa shape index (κ1) is 21.0. The zero-order chi connectivity index (χ0) is 20.3. The molecule has 0 fully saturated rings. The summed E-state index contributed by atoms with van der Waals surface area (Å²) >= 11 is 0. The zero-order valence-corrected chi connectivity index (χ0v) is 17.6. The summed E-state index contributed by atoms with van der Waals surface area (Å²) in [7, 11) is 0. The fourth-order valence-corrected chi connectivity index (χ4v) is 3.20. The predicted octanol–water partition coefficient (Wildman–Crippen LogP) is 6.51. The number of unbranched alkanes of at least 4 members (excludes halogenated alkanes) is 4. The second kappa shape index (κ2) is 11.3. The molecule has 0 aliphatic rings. The Kier molecular flexibility index (Phi) is 8.17. The van der Waals surface area contributed by atoms with Crippen LogP contribution in [-0.2, 0) is 6.42 Å². The molecule has 29 heavy (non-hydrogen) atoms. The number of aryl methyl sites for hydroxylation is 1. The normalized spacial score (nSPS) is 10.8. The lowest BCUT2D eigenvalue weighted by Gasteiger charge is -2.07. The highest BCUT2D eigenvalue weighted by atomic mass is 16.5. The summed E-state index contributed by atoms with van der Waals surface area (Å²) in [5, 5.41) is 8.70. The lowest BCUT2D eigenvalue weighted by atomic mass is 10.0. The van der Waals surface area contributed by atoms with Gasteiger partial charge in [0.25, 0.3) is 0 Å². The molecule has 0 atom stereocenters. The fourth-order valence-electron chi connectivity index (χ4n) is 3.20. The topological polar surface area (TPSA) is 47.9 Å². The van der Waals surface area contributed by atoms with Crippen LogP contribution >= 0.6 is 0 Å². The van der Waals surface area contributed by atoms with Crippen LogP contribution in [0.1, 0.15) is 57.9 Å². The van der Waals surface area contributed by atoms with Crippen molar-refractivity contribution in [2.24, 2.45) is 0 Å². The van der Waals surface area contributed by atoms with Crippen molar-refractivity contribution < 1.29 is 4.74 Å². The van der Waals surface area contributed by atoms with Crippen molar-refractivity contribution in [1.82, 2.24) is 15.2 Å². The van der Waals surface area contributed by atoms with E-state index >= 15 is 0 Å². The summed E-state index contributed by atoms with van der Waals surface area (Å²) in [5.74, 6) is 1.51. The summed E-state index contributed by atoms with van der Waals surface area (Å²) < 4.78 is 5.76. The van der Waals surface area contributed by atoms with E-state index in [0.29, 0.717) is 5.82 Å². The van der Waals surface area contributed by atoms with Gasteiger partial charge in [0.1, 0.15) is 11.4 Å². The van der Waals surface area contributed by atoms with E-state index < -0.39 is 0 Å². The first-order valence-electron chi connectivity index (χ1n) is 10.8. The highest BCUT2D eigenvalue weighted by Crippen LogP contribution is 2.21. The molecule has 0 bridgehead atoms. The molecule has 0 unspecified atom stereocenters. The van der Waals surface area contributed by atoms with Gasteiger partial charge in [0, 0.05) is 11.1 Å². The maximum absolute atomic E-state index is 5.76. The van der Waals surface area contributed by atoms with Gasteiger partial charge in [-0.05, 0) is 49.1 Å². The quantitative estimate of drug-likeness (QED) is 0.351. The molecule has 0 spiro atoms. The van der Waals surface area contributed by atoms with Crippen LogP contribution in [0.4, 0.5) is 0 Å². The van der Waals surface area contributed by atoms with Crippen LogP contribution in [0.25, 0.3) is 22.6 Å². The van der Waals surface area contributed by atoms with Crippen molar-refractivity contribution in [3.8, 4) is 28.4 Å². The van der Waals surface area contributed by atoms with Crippen LogP contribution < -0.4 is 4.74 Å². The van der Waals surface area contributed by atoms with E-state index in [0.717, 1.165) is 42.0 Å². The molecule has 4 nitrogen and oxygen atoms in total. The molecule has 3 rings (SSSR count). The molecular formula is C25H31N3O. The largest absolute Gasteiger partial charge is 0.494 e. The lowest BCUT2D eigenvalue weighted by Crippen LogP contribution is -1.97. The van der Waals surface area contributed by atoms with Crippen molar-refractivity contribution >= 4 is 0 Å². The van der Waals surface area contributed by atoms with E-state index in [4.69, 9.17) is 4.74 Å². The smallest absolute Gasteiger partial charge is 0.181 e. The highest BCUT2D eigenvalue weighted by Gasteiger charge is 2.06. The van der Waals surface area contributed by atoms with Crippen LogP contribution in [0, 0.1) is 0 Å². The summed E-state index contributed by atoms with van der Waals surface area (Å²) in [6.45, 7) is 5.18. The number of aromatic nitrogens is 3. The van der Waals surface area contributed by atoms with E-state index in [9.17, 15) is 0 Å². The molecule has 0 saturated heterocycles. The van der Waals surface area contributed by atoms with Crippen molar-refractivity contribution in [2.75, 3.05) is 6.61 Å². The number of rotatable bonds is 11. The maximum atomic E-state index is 5.76. The Hall–Kier alpha value is -2.75. The number of benzene rings is 2. The van der Waals surface area contributed by atoms with E-state index in [1.807, 2.05) is 24.3 Å². The molecule has 0 amide bonds.